The van der Waals surface area contributed by atoms with Crippen LogP contribution in [-0.2, 0) is 14.8 Å². The van der Waals surface area contributed by atoms with Crippen molar-refractivity contribution in [2.75, 3.05) is 56.6 Å². The first-order valence-electron chi connectivity index (χ1n) is 8.37. The molecule has 1 aromatic carbocycles. The number of carbonyl (C=O) groups excluding carboxylic acids is 1. The molecule has 0 spiro atoms. The van der Waals surface area contributed by atoms with Crippen LogP contribution >= 0.6 is 0 Å². The molecule has 8 nitrogen and oxygen atoms in total. The smallest absolute Gasteiger partial charge is 0.243 e. The highest BCUT2D eigenvalue weighted by Crippen LogP contribution is 2.36. The molecule has 0 aromatic heterocycles. The number of benzene rings is 1. The van der Waals surface area contributed by atoms with Gasteiger partial charge in [0.1, 0.15) is 6.54 Å². The number of quaternary nitrogens is 1. The van der Waals surface area contributed by atoms with Crippen LogP contribution in [0.4, 0.5) is 5.69 Å². The Labute approximate surface area is 147 Å². The van der Waals surface area contributed by atoms with Gasteiger partial charge in [0.05, 0.1) is 44.7 Å². The average molecular weight is 370 g/mol. The lowest BCUT2D eigenvalue weighted by Gasteiger charge is -2.33. The molecule has 0 bridgehead atoms. The molecule has 1 saturated heterocycles. The largest absolute Gasteiger partial charge is 0.454 e. The van der Waals surface area contributed by atoms with Gasteiger partial charge in [-0.2, -0.15) is 0 Å². The summed E-state index contributed by atoms with van der Waals surface area (Å²) in [6.07, 6.45) is 1.10. The zero-order valence-corrected chi connectivity index (χ0v) is 15.3. The maximum Gasteiger partial charge on any atom is 0.243 e. The van der Waals surface area contributed by atoms with Crippen molar-refractivity contribution in [2.24, 2.45) is 0 Å². The lowest BCUT2D eigenvalue weighted by Crippen LogP contribution is -3.14. The third kappa shape index (κ3) is 3.98. The molecule has 2 aliphatic rings. The van der Waals surface area contributed by atoms with Crippen molar-refractivity contribution in [3.63, 3.8) is 0 Å². The Morgan fingerprint density at radius 1 is 1.24 bits per heavy atom. The van der Waals surface area contributed by atoms with Crippen LogP contribution in [0.5, 0.6) is 11.5 Å². The Bertz CT molecular complexity index is 744. The van der Waals surface area contributed by atoms with Gasteiger partial charge < -0.3 is 19.3 Å². The van der Waals surface area contributed by atoms with E-state index in [-0.39, 0.29) is 19.2 Å². The molecule has 2 heterocycles. The van der Waals surface area contributed by atoms with Gasteiger partial charge in [-0.05, 0) is 19.1 Å². The standard InChI is InChI=1S/C16H23N3O5S/c1-3-17-6-8-18(9-7-17)16(20)11-19(25(2,21)22)13-4-5-14-15(10-13)24-12-23-14/h4-5,10H,3,6-9,11-12H2,1-2H3/p+1. The second kappa shape index (κ2) is 7.09. The average Bonchev–Trinajstić information content (AvgIpc) is 3.06. The third-order valence-corrected chi connectivity index (χ3v) is 5.79. The van der Waals surface area contributed by atoms with Crippen LogP contribution in [-0.4, -0.2) is 71.5 Å². The quantitative estimate of drug-likeness (QED) is 0.714. The molecule has 0 radical (unpaired) electrons. The second-order valence-electron chi connectivity index (χ2n) is 6.29. The van der Waals surface area contributed by atoms with E-state index in [1.807, 2.05) is 0 Å². The number of carbonyl (C=O) groups is 1. The Morgan fingerprint density at radius 2 is 1.92 bits per heavy atom. The van der Waals surface area contributed by atoms with E-state index in [1.54, 1.807) is 23.1 Å². The molecule has 0 unspecified atom stereocenters. The van der Waals surface area contributed by atoms with Crippen molar-refractivity contribution in [2.45, 2.75) is 6.92 Å². The van der Waals surface area contributed by atoms with Gasteiger partial charge in [-0.1, -0.05) is 0 Å². The van der Waals surface area contributed by atoms with Gasteiger partial charge in [-0.15, -0.1) is 0 Å². The van der Waals surface area contributed by atoms with Crippen LogP contribution in [0, 0.1) is 0 Å². The first kappa shape index (κ1) is 17.8. The number of amides is 1. The summed E-state index contributed by atoms with van der Waals surface area (Å²) in [5.41, 5.74) is 0.401. The number of anilines is 1. The van der Waals surface area contributed by atoms with Gasteiger partial charge in [0.15, 0.2) is 11.5 Å². The van der Waals surface area contributed by atoms with Crippen molar-refractivity contribution >= 4 is 21.6 Å². The van der Waals surface area contributed by atoms with Gasteiger partial charge in [-0.25, -0.2) is 8.42 Å². The fourth-order valence-electron chi connectivity index (χ4n) is 3.09. The van der Waals surface area contributed by atoms with Crippen LogP contribution in [0.15, 0.2) is 18.2 Å². The van der Waals surface area contributed by atoms with E-state index in [1.165, 1.54) is 4.90 Å². The van der Waals surface area contributed by atoms with Crippen molar-refractivity contribution in [3.8, 4) is 11.5 Å². The lowest BCUT2D eigenvalue weighted by molar-refractivity contribution is -0.902. The van der Waals surface area contributed by atoms with Gasteiger partial charge in [0.2, 0.25) is 22.7 Å². The van der Waals surface area contributed by atoms with Gasteiger partial charge in [0, 0.05) is 6.07 Å². The summed E-state index contributed by atoms with van der Waals surface area (Å²) in [4.78, 5) is 15.8. The van der Waals surface area contributed by atoms with Gasteiger partial charge >= 0.3 is 0 Å². The van der Waals surface area contributed by atoms with Crippen LogP contribution < -0.4 is 18.7 Å². The highest BCUT2D eigenvalue weighted by atomic mass is 32.2. The number of rotatable bonds is 5. The number of nitrogens with zero attached hydrogens (tertiary/aromatic N) is 2. The molecular weight excluding hydrogens is 346 g/mol. The first-order valence-corrected chi connectivity index (χ1v) is 10.2. The third-order valence-electron chi connectivity index (χ3n) is 4.65. The number of ether oxygens (including phenoxy) is 2. The van der Waals surface area contributed by atoms with Gasteiger partial charge in [-0.3, -0.25) is 9.10 Å². The summed E-state index contributed by atoms with van der Waals surface area (Å²) < 4.78 is 36.1. The highest BCUT2D eigenvalue weighted by molar-refractivity contribution is 7.92. The summed E-state index contributed by atoms with van der Waals surface area (Å²) >= 11 is 0. The minimum atomic E-state index is -3.60. The molecule has 0 saturated carbocycles. The van der Waals surface area contributed by atoms with Crippen molar-refractivity contribution in [1.82, 2.24) is 4.90 Å². The van der Waals surface area contributed by atoms with Crippen molar-refractivity contribution < 1.29 is 27.6 Å². The first-order chi connectivity index (χ1) is 11.9. The molecule has 2 aliphatic heterocycles. The van der Waals surface area contributed by atoms with Crippen molar-refractivity contribution in [1.29, 1.82) is 0 Å². The van der Waals surface area contributed by atoms with Crippen LogP contribution in [0.2, 0.25) is 0 Å². The molecule has 1 aromatic rings. The number of nitrogens with one attached hydrogen (secondary N) is 1. The van der Waals surface area contributed by atoms with E-state index < -0.39 is 10.0 Å². The van der Waals surface area contributed by atoms with E-state index in [4.69, 9.17) is 9.47 Å². The van der Waals surface area contributed by atoms with Crippen molar-refractivity contribution in [3.05, 3.63) is 18.2 Å². The predicted molar refractivity (Wildman–Crippen MR) is 92.6 cm³/mol. The number of piperazine rings is 1. The Hall–Kier alpha value is -2.00. The van der Waals surface area contributed by atoms with E-state index >= 15 is 0 Å². The Morgan fingerprint density at radius 3 is 2.56 bits per heavy atom. The van der Waals surface area contributed by atoms with Crippen LogP contribution in [0.3, 0.4) is 0 Å². The normalized spacial score (nSPS) is 17.6. The second-order valence-corrected chi connectivity index (χ2v) is 8.20. The van der Waals surface area contributed by atoms with E-state index in [0.717, 1.165) is 30.2 Å². The Kier molecular flexibility index (Phi) is 5.05. The molecule has 3 rings (SSSR count). The SMILES string of the molecule is CC[NH+]1CCN(C(=O)CN(c2ccc3c(c2)OCO3)S(C)(=O)=O)CC1. The summed E-state index contributed by atoms with van der Waals surface area (Å²) in [5, 5.41) is 0. The summed E-state index contributed by atoms with van der Waals surface area (Å²) in [5.74, 6) is 0.874. The number of hydrogen-bond acceptors (Lipinski definition) is 5. The molecule has 138 valence electrons. The van der Waals surface area contributed by atoms with Crippen LogP contribution in [0.25, 0.3) is 0 Å². The topological polar surface area (TPSA) is 80.6 Å². The fraction of sp³-hybridized carbons (Fsp3) is 0.562. The van der Waals surface area contributed by atoms with E-state index in [9.17, 15) is 13.2 Å². The van der Waals surface area contributed by atoms with E-state index in [2.05, 4.69) is 6.92 Å². The maximum atomic E-state index is 12.6. The molecule has 9 heteroatoms. The molecule has 1 fully saturated rings. The monoisotopic (exact) mass is 370 g/mol. The van der Waals surface area contributed by atoms with Gasteiger partial charge in [0.25, 0.3) is 0 Å². The van der Waals surface area contributed by atoms with E-state index in [0.29, 0.717) is 30.3 Å². The maximum absolute atomic E-state index is 12.6. The number of likely N-dealkylation sites (N-methyl/N-ethyl adjacent to an activating group) is 1. The number of hydrogen-bond donors (Lipinski definition) is 1. The van der Waals surface area contributed by atoms with Crippen LogP contribution in [0.1, 0.15) is 6.92 Å². The zero-order valence-electron chi connectivity index (χ0n) is 14.5. The number of fused-ring (bicyclic) bond motifs is 1. The lowest BCUT2D eigenvalue weighted by atomic mass is 10.2. The molecule has 1 N–H and O–H groups in total. The molecule has 1 amide bonds. The predicted octanol–water partition coefficient (Wildman–Crippen LogP) is -1.07. The summed E-state index contributed by atoms with van der Waals surface area (Å²) in [7, 11) is -3.60. The Balaban J connectivity index is 1.75. The minimum Gasteiger partial charge on any atom is -0.454 e. The number of sulfonamides is 1. The summed E-state index contributed by atoms with van der Waals surface area (Å²) in [6, 6.07) is 4.88. The fourth-order valence-corrected chi connectivity index (χ4v) is 3.93. The molecule has 0 atom stereocenters. The molecular formula is C16H24N3O5S+. The molecule has 0 aliphatic carbocycles. The summed E-state index contributed by atoms with van der Waals surface area (Å²) in [6.45, 7) is 6.16. The highest BCUT2D eigenvalue weighted by Gasteiger charge is 2.28. The minimum absolute atomic E-state index is 0.112. The molecule has 25 heavy (non-hydrogen) atoms. The zero-order chi connectivity index (χ0) is 18.0.